The van der Waals surface area contributed by atoms with Crippen LogP contribution in [0, 0.1) is 0 Å². The number of hydrogen-bond acceptors (Lipinski definition) is 14. The number of ketones is 1. The number of alkyl carbamates (subject to hydrolysis) is 1. The molecule has 2 aromatic heterocycles. The third kappa shape index (κ3) is 9.65. The summed E-state index contributed by atoms with van der Waals surface area (Å²) in [5, 5.41) is 8.23. The van der Waals surface area contributed by atoms with Crippen molar-refractivity contribution in [2.75, 3.05) is 40.5 Å². The highest BCUT2D eigenvalue weighted by Crippen LogP contribution is 2.45. The van der Waals surface area contributed by atoms with Gasteiger partial charge in [0.1, 0.15) is 19.0 Å². The fourth-order valence-corrected chi connectivity index (χ4v) is 8.82. The average Bonchev–Trinajstić information content (AvgIpc) is 3.30. The normalized spacial score (nSPS) is 14.4. The molecule has 2 aliphatic heterocycles. The minimum Gasteiger partial charge on any atom is -0.461 e. The van der Waals surface area contributed by atoms with E-state index < -0.39 is 54.8 Å². The summed E-state index contributed by atoms with van der Waals surface area (Å²) < 4.78 is 21.9. The number of nitrogens with one attached hydrogen (secondary N) is 2. The molecule has 2 aliphatic rings. The van der Waals surface area contributed by atoms with Crippen LogP contribution in [0.1, 0.15) is 132 Å². The average molecular weight is 907 g/mol. The molecule has 2 atom stereocenters. The standard InChI is InChI=1S/C48H54N6O12/c1-27(55)15-11-7-5-10-14-22-50-48(62)66-26-36(64-4)54-45(59)32-20-18-30-41-39(32)34(47(54)61)24-52-43(41)29-17-19-31-38-33(23-51-42(30)40(29)38)46(60)53(44(31)58)35(63-3)25-65-37(57)16-12-8-6-9-13-21-49-28(2)56/h17-20,23-24,35-36H,5-16,21-22,25-26H2,1-4H3,(H,49,56)(H,50,62). The van der Waals surface area contributed by atoms with Crippen LogP contribution in [-0.2, 0) is 33.3 Å². The Morgan fingerprint density at radius 2 is 0.985 bits per heavy atom. The van der Waals surface area contributed by atoms with Gasteiger partial charge in [-0.2, -0.15) is 0 Å². The lowest BCUT2D eigenvalue weighted by molar-refractivity contribution is -0.150. The van der Waals surface area contributed by atoms with Gasteiger partial charge in [0, 0.05) is 103 Å². The molecule has 0 bridgehead atoms. The van der Waals surface area contributed by atoms with Gasteiger partial charge in [-0.3, -0.25) is 38.7 Å². The molecular weight excluding hydrogens is 853 g/mol. The third-order valence-corrected chi connectivity index (χ3v) is 12.1. The molecule has 2 unspecified atom stereocenters. The molecule has 6 amide bonds. The second-order valence-electron chi connectivity index (χ2n) is 16.6. The maximum Gasteiger partial charge on any atom is 0.407 e. The molecule has 0 radical (unpaired) electrons. The molecule has 348 valence electrons. The highest BCUT2D eigenvalue weighted by molar-refractivity contribution is 6.39. The van der Waals surface area contributed by atoms with Gasteiger partial charge in [0.2, 0.25) is 5.91 Å². The number of esters is 1. The van der Waals surface area contributed by atoms with Crippen molar-refractivity contribution >= 4 is 90.7 Å². The predicted molar refractivity (Wildman–Crippen MR) is 241 cm³/mol. The third-order valence-electron chi connectivity index (χ3n) is 12.1. The number of unbranched alkanes of at least 4 members (excludes halogenated alkanes) is 8. The van der Waals surface area contributed by atoms with Gasteiger partial charge in [0.05, 0.1) is 22.2 Å². The van der Waals surface area contributed by atoms with Crippen LogP contribution in [0.3, 0.4) is 0 Å². The first-order chi connectivity index (χ1) is 31.9. The predicted octanol–water partition coefficient (Wildman–Crippen LogP) is 6.34. The first-order valence-electron chi connectivity index (χ1n) is 22.4. The zero-order chi connectivity index (χ0) is 47.1. The van der Waals surface area contributed by atoms with Crippen LogP contribution >= 0.6 is 0 Å². The smallest absolute Gasteiger partial charge is 0.407 e. The second kappa shape index (κ2) is 21.1. The summed E-state index contributed by atoms with van der Waals surface area (Å²) in [5.74, 6) is -3.08. The number of methoxy groups -OCH3 is 2. The number of carbonyl (C=O) groups excluding carboxylic acids is 8. The van der Waals surface area contributed by atoms with E-state index in [2.05, 4.69) is 10.6 Å². The Morgan fingerprint density at radius 3 is 1.47 bits per heavy atom. The zero-order valence-corrected chi connectivity index (χ0v) is 37.6. The number of carbonyl (C=O) groups is 8. The van der Waals surface area contributed by atoms with Crippen molar-refractivity contribution < 1.29 is 57.3 Å². The zero-order valence-electron chi connectivity index (χ0n) is 37.6. The number of Topliss-reactive ketones (excluding diaryl/α,β-unsaturated/α-hetero) is 1. The molecule has 7 rings (SSSR count). The van der Waals surface area contributed by atoms with Crippen molar-refractivity contribution in [2.24, 2.45) is 0 Å². The van der Waals surface area contributed by atoms with Crippen LogP contribution < -0.4 is 10.6 Å². The van der Waals surface area contributed by atoms with Gasteiger partial charge >= 0.3 is 12.1 Å². The molecule has 18 nitrogen and oxygen atoms in total. The van der Waals surface area contributed by atoms with E-state index in [0.717, 1.165) is 67.6 Å². The van der Waals surface area contributed by atoms with Crippen molar-refractivity contribution in [3.63, 3.8) is 0 Å². The van der Waals surface area contributed by atoms with E-state index in [-0.39, 0.29) is 47.0 Å². The molecule has 18 heteroatoms. The first-order valence-corrected chi connectivity index (χ1v) is 22.4. The highest BCUT2D eigenvalue weighted by atomic mass is 16.6. The van der Waals surface area contributed by atoms with Gasteiger partial charge in [-0.1, -0.05) is 50.7 Å². The molecular formula is C48H54N6O12. The number of benzene rings is 3. The molecule has 5 aromatic rings. The second-order valence-corrected chi connectivity index (χ2v) is 16.6. The summed E-state index contributed by atoms with van der Waals surface area (Å²) >= 11 is 0. The number of ether oxygens (including phenoxy) is 4. The van der Waals surface area contributed by atoms with E-state index >= 15 is 0 Å². The summed E-state index contributed by atoms with van der Waals surface area (Å²) in [5.41, 5.74) is 1.49. The minimum absolute atomic E-state index is 0.0647. The van der Waals surface area contributed by atoms with Crippen molar-refractivity contribution in [3.8, 4) is 0 Å². The van der Waals surface area contributed by atoms with Crippen molar-refractivity contribution in [2.45, 2.75) is 103 Å². The van der Waals surface area contributed by atoms with E-state index in [1.165, 1.54) is 33.5 Å². The molecule has 0 saturated carbocycles. The molecule has 0 spiro atoms. The lowest BCUT2D eigenvalue weighted by Gasteiger charge is -2.33. The summed E-state index contributed by atoms with van der Waals surface area (Å²) in [4.78, 5) is 115. The number of aromatic nitrogens is 2. The number of pyridine rings is 2. The topological polar surface area (TPSA) is 230 Å². The van der Waals surface area contributed by atoms with Gasteiger partial charge < -0.3 is 34.4 Å². The van der Waals surface area contributed by atoms with Crippen molar-refractivity contribution in [3.05, 3.63) is 58.9 Å². The van der Waals surface area contributed by atoms with Crippen LogP contribution in [-0.4, -0.2) is 120 Å². The van der Waals surface area contributed by atoms with Gasteiger partial charge in [-0.05, 0) is 44.7 Å². The molecule has 2 N–H and O–H groups in total. The largest absolute Gasteiger partial charge is 0.461 e. The summed E-state index contributed by atoms with van der Waals surface area (Å²) in [6.45, 7) is 3.24. The lowest BCUT2D eigenvalue weighted by Crippen LogP contribution is -2.50. The molecule has 0 saturated heterocycles. The Morgan fingerprint density at radius 1 is 0.545 bits per heavy atom. The van der Waals surface area contributed by atoms with Gasteiger partial charge in [0.15, 0.2) is 12.5 Å². The number of amides is 6. The van der Waals surface area contributed by atoms with Crippen molar-refractivity contribution in [1.29, 1.82) is 0 Å². The quantitative estimate of drug-likeness (QED) is 0.0226. The van der Waals surface area contributed by atoms with Crippen LogP contribution in [0.15, 0.2) is 36.7 Å². The Labute approximate surface area is 380 Å². The van der Waals surface area contributed by atoms with E-state index in [0.29, 0.717) is 69.3 Å². The Balaban J connectivity index is 1.06. The van der Waals surface area contributed by atoms with E-state index in [9.17, 15) is 38.4 Å². The monoisotopic (exact) mass is 906 g/mol. The van der Waals surface area contributed by atoms with Gasteiger partial charge in [0.25, 0.3) is 23.6 Å². The Hall–Kier alpha value is -6.66. The first kappa shape index (κ1) is 47.3. The Bertz CT molecular complexity index is 2420. The van der Waals surface area contributed by atoms with Gasteiger partial charge in [-0.15, -0.1) is 0 Å². The molecule has 3 aromatic carbocycles. The maximum absolute atomic E-state index is 14.2. The highest BCUT2D eigenvalue weighted by Gasteiger charge is 2.42. The summed E-state index contributed by atoms with van der Waals surface area (Å²) in [7, 11) is 2.62. The number of rotatable bonds is 24. The van der Waals surface area contributed by atoms with E-state index in [1.54, 1.807) is 31.2 Å². The number of nitrogens with zero attached hydrogens (tertiary/aromatic N) is 4. The fraction of sp³-hybridized carbons (Fsp3) is 0.458. The van der Waals surface area contributed by atoms with Crippen LogP contribution in [0.25, 0.3) is 43.4 Å². The molecule has 0 fully saturated rings. The van der Waals surface area contributed by atoms with Crippen LogP contribution in [0.5, 0.6) is 0 Å². The minimum atomic E-state index is -1.25. The lowest BCUT2D eigenvalue weighted by atomic mass is 9.86. The van der Waals surface area contributed by atoms with Crippen molar-refractivity contribution in [1.82, 2.24) is 30.4 Å². The maximum atomic E-state index is 14.2. The number of imide groups is 2. The molecule has 66 heavy (non-hydrogen) atoms. The SMILES string of the molecule is COC(COC(=O)CCCCCCCNC(C)=O)N1C(=O)c2ccc3c4ncc5c6c(ccc(c7ncc(c2c37)C1=O)c64)C(=O)N(C(COC(=O)NCCCCCCCC(C)=O)OC)C5=O. The number of fused-ring (bicyclic) bond motifs is 2. The fourth-order valence-electron chi connectivity index (χ4n) is 8.82. The Kier molecular flexibility index (Phi) is 15.1. The van der Waals surface area contributed by atoms with Crippen LogP contribution in [0.2, 0.25) is 0 Å². The summed E-state index contributed by atoms with van der Waals surface area (Å²) in [6.07, 6.45) is 8.67. The van der Waals surface area contributed by atoms with E-state index in [4.69, 9.17) is 28.9 Å². The summed E-state index contributed by atoms with van der Waals surface area (Å²) in [6, 6.07) is 6.54. The van der Waals surface area contributed by atoms with E-state index in [1.807, 2.05) is 0 Å². The molecule has 4 heterocycles. The van der Waals surface area contributed by atoms with Crippen LogP contribution in [0.4, 0.5) is 4.79 Å². The van der Waals surface area contributed by atoms with Gasteiger partial charge in [-0.25, -0.2) is 14.6 Å². The molecule has 0 aliphatic carbocycles. The number of hydrogen-bond donors (Lipinski definition) is 2.